The van der Waals surface area contributed by atoms with Crippen LogP contribution in [0.25, 0.3) is 10.3 Å². The van der Waals surface area contributed by atoms with Crippen molar-refractivity contribution in [2.45, 2.75) is 20.0 Å². The van der Waals surface area contributed by atoms with Crippen molar-refractivity contribution in [3.63, 3.8) is 0 Å². The summed E-state index contributed by atoms with van der Waals surface area (Å²) in [6.45, 7) is 3.64. The van der Waals surface area contributed by atoms with Gasteiger partial charge in [0.1, 0.15) is 9.71 Å². The SMILES string of the molecule is CCn1cncc1Cn1cnc2sc(C(=O)OC)cc21. The summed E-state index contributed by atoms with van der Waals surface area (Å²) >= 11 is 1.34. The van der Waals surface area contributed by atoms with Gasteiger partial charge in [-0.3, -0.25) is 0 Å². The molecule has 3 aromatic rings. The lowest BCUT2D eigenvalue weighted by Crippen LogP contribution is -2.05. The molecular formula is C13H14N4O2S. The highest BCUT2D eigenvalue weighted by atomic mass is 32.1. The third-order valence-corrected chi connectivity index (χ3v) is 4.19. The predicted molar refractivity (Wildman–Crippen MR) is 76.0 cm³/mol. The molecule has 0 N–H and O–H groups in total. The van der Waals surface area contributed by atoms with Gasteiger partial charge >= 0.3 is 5.97 Å². The molecule has 0 aliphatic heterocycles. The average molecular weight is 290 g/mol. The van der Waals surface area contributed by atoms with Crippen LogP contribution >= 0.6 is 11.3 Å². The minimum absolute atomic E-state index is 0.321. The van der Waals surface area contributed by atoms with E-state index in [4.69, 9.17) is 4.74 Å². The van der Waals surface area contributed by atoms with Crippen molar-refractivity contribution < 1.29 is 9.53 Å². The first-order valence-corrected chi connectivity index (χ1v) is 7.06. The molecule has 0 aliphatic rings. The molecular weight excluding hydrogens is 276 g/mol. The molecule has 6 nitrogen and oxygen atoms in total. The Kier molecular flexibility index (Phi) is 3.27. The fourth-order valence-electron chi connectivity index (χ4n) is 2.12. The van der Waals surface area contributed by atoms with E-state index in [-0.39, 0.29) is 5.97 Å². The number of rotatable bonds is 4. The molecule has 3 heterocycles. The zero-order valence-electron chi connectivity index (χ0n) is 11.2. The second kappa shape index (κ2) is 5.09. The zero-order valence-corrected chi connectivity index (χ0v) is 12.1. The van der Waals surface area contributed by atoms with Gasteiger partial charge < -0.3 is 13.9 Å². The zero-order chi connectivity index (χ0) is 14.1. The van der Waals surface area contributed by atoms with E-state index in [1.807, 2.05) is 23.2 Å². The van der Waals surface area contributed by atoms with Gasteiger partial charge in [-0.2, -0.15) is 0 Å². The Bertz CT molecular complexity index is 755. The molecule has 0 aliphatic carbocycles. The summed E-state index contributed by atoms with van der Waals surface area (Å²) < 4.78 is 8.84. The number of aryl methyl sites for hydroxylation is 1. The van der Waals surface area contributed by atoms with Gasteiger partial charge in [-0.15, -0.1) is 11.3 Å². The van der Waals surface area contributed by atoms with Gasteiger partial charge in [-0.1, -0.05) is 0 Å². The second-order valence-electron chi connectivity index (χ2n) is 4.34. The summed E-state index contributed by atoms with van der Waals surface area (Å²) in [5.74, 6) is -0.321. The number of ether oxygens (including phenoxy) is 1. The Hall–Kier alpha value is -2.15. The molecule has 0 bridgehead atoms. The van der Waals surface area contributed by atoms with Crippen LogP contribution in [-0.4, -0.2) is 32.2 Å². The largest absolute Gasteiger partial charge is 0.465 e. The summed E-state index contributed by atoms with van der Waals surface area (Å²) in [6.07, 6.45) is 5.45. The molecule has 3 aromatic heterocycles. The molecule has 0 atom stereocenters. The van der Waals surface area contributed by atoms with Crippen LogP contribution in [0, 0.1) is 0 Å². The van der Waals surface area contributed by atoms with Crippen molar-refractivity contribution in [3.8, 4) is 0 Å². The lowest BCUT2D eigenvalue weighted by molar-refractivity contribution is 0.0606. The van der Waals surface area contributed by atoms with Crippen LogP contribution in [0.5, 0.6) is 0 Å². The fourth-order valence-corrected chi connectivity index (χ4v) is 3.05. The topological polar surface area (TPSA) is 61.9 Å². The molecule has 0 saturated heterocycles. The lowest BCUT2D eigenvalue weighted by Gasteiger charge is -2.06. The van der Waals surface area contributed by atoms with E-state index in [0.717, 1.165) is 22.6 Å². The molecule has 0 spiro atoms. The van der Waals surface area contributed by atoms with Crippen LogP contribution in [0.15, 0.2) is 24.9 Å². The monoisotopic (exact) mass is 290 g/mol. The number of aromatic nitrogens is 4. The predicted octanol–water partition coefficient (Wildman–Crippen LogP) is 2.15. The highest BCUT2D eigenvalue weighted by Gasteiger charge is 2.14. The van der Waals surface area contributed by atoms with Crippen LogP contribution in [0.2, 0.25) is 0 Å². The number of fused-ring (bicyclic) bond motifs is 1. The number of imidazole rings is 2. The van der Waals surface area contributed by atoms with E-state index >= 15 is 0 Å². The standard InChI is InChI=1S/C13H14N4O2S/c1-3-16-7-14-5-9(16)6-17-8-15-12-10(17)4-11(20-12)13(18)19-2/h4-5,7-8H,3,6H2,1-2H3. The molecule has 0 aromatic carbocycles. The van der Waals surface area contributed by atoms with E-state index in [1.54, 1.807) is 6.33 Å². The van der Waals surface area contributed by atoms with Gasteiger partial charge in [0.2, 0.25) is 0 Å². The van der Waals surface area contributed by atoms with Crippen LogP contribution in [0.3, 0.4) is 0 Å². The Morgan fingerprint density at radius 2 is 2.25 bits per heavy atom. The number of hydrogen-bond donors (Lipinski definition) is 0. The van der Waals surface area contributed by atoms with Crippen molar-refractivity contribution >= 4 is 27.7 Å². The first kappa shape index (κ1) is 12.9. The van der Waals surface area contributed by atoms with Gasteiger partial charge in [0.25, 0.3) is 0 Å². The van der Waals surface area contributed by atoms with Crippen molar-refractivity contribution in [2.75, 3.05) is 7.11 Å². The van der Waals surface area contributed by atoms with Gasteiger partial charge in [0.15, 0.2) is 0 Å². The maximum absolute atomic E-state index is 11.5. The Labute approximate surface area is 119 Å². The normalized spacial score (nSPS) is 11.1. The smallest absolute Gasteiger partial charge is 0.348 e. The van der Waals surface area contributed by atoms with Gasteiger partial charge in [-0.25, -0.2) is 14.8 Å². The summed E-state index contributed by atoms with van der Waals surface area (Å²) in [5.41, 5.74) is 2.05. The molecule has 0 amide bonds. The van der Waals surface area contributed by atoms with Crippen LogP contribution in [0.1, 0.15) is 22.3 Å². The number of carbonyl (C=O) groups is 1. The van der Waals surface area contributed by atoms with Gasteiger partial charge in [0.05, 0.1) is 37.5 Å². The number of methoxy groups -OCH3 is 1. The highest BCUT2D eigenvalue weighted by molar-refractivity contribution is 7.20. The van der Waals surface area contributed by atoms with E-state index in [9.17, 15) is 4.79 Å². The van der Waals surface area contributed by atoms with E-state index in [1.165, 1.54) is 18.4 Å². The molecule has 0 fully saturated rings. The fraction of sp³-hybridized carbons (Fsp3) is 0.308. The van der Waals surface area contributed by atoms with Crippen molar-refractivity contribution in [1.82, 2.24) is 19.1 Å². The number of esters is 1. The highest BCUT2D eigenvalue weighted by Crippen LogP contribution is 2.25. The Morgan fingerprint density at radius 1 is 1.40 bits per heavy atom. The molecule has 0 radical (unpaired) electrons. The van der Waals surface area contributed by atoms with E-state index in [2.05, 4.69) is 21.5 Å². The van der Waals surface area contributed by atoms with Crippen molar-refractivity contribution in [1.29, 1.82) is 0 Å². The van der Waals surface area contributed by atoms with Crippen molar-refractivity contribution in [3.05, 3.63) is 35.5 Å². The molecule has 0 saturated carbocycles. The number of carbonyl (C=O) groups excluding carboxylic acids is 1. The van der Waals surface area contributed by atoms with Crippen LogP contribution < -0.4 is 0 Å². The molecule has 104 valence electrons. The maximum Gasteiger partial charge on any atom is 0.348 e. The number of nitrogens with zero attached hydrogens (tertiary/aromatic N) is 4. The summed E-state index contributed by atoms with van der Waals surface area (Å²) in [4.78, 5) is 21.5. The summed E-state index contributed by atoms with van der Waals surface area (Å²) in [5, 5.41) is 0. The quantitative estimate of drug-likeness (QED) is 0.691. The number of thiophene rings is 1. The van der Waals surface area contributed by atoms with E-state index < -0.39 is 0 Å². The van der Waals surface area contributed by atoms with Crippen molar-refractivity contribution in [2.24, 2.45) is 0 Å². The van der Waals surface area contributed by atoms with Gasteiger partial charge in [-0.05, 0) is 13.0 Å². The summed E-state index contributed by atoms with van der Waals surface area (Å²) in [6, 6.07) is 1.82. The third-order valence-electron chi connectivity index (χ3n) is 3.18. The summed E-state index contributed by atoms with van der Waals surface area (Å²) in [7, 11) is 1.38. The first-order chi connectivity index (χ1) is 9.72. The van der Waals surface area contributed by atoms with Crippen LogP contribution in [0.4, 0.5) is 0 Å². The Morgan fingerprint density at radius 3 is 3.00 bits per heavy atom. The van der Waals surface area contributed by atoms with Gasteiger partial charge in [0, 0.05) is 12.7 Å². The third kappa shape index (κ3) is 2.09. The molecule has 7 heteroatoms. The molecule has 0 unspecified atom stereocenters. The molecule has 3 rings (SSSR count). The average Bonchev–Trinajstić information content (AvgIpc) is 3.14. The minimum atomic E-state index is -0.321. The maximum atomic E-state index is 11.5. The lowest BCUT2D eigenvalue weighted by atomic mass is 10.4. The Balaban J connectivity index is 1.96. The van der Waals surface area contributed by atoms with Crippen LogP contribution in [-0.2, 0) is 17.8 Å². The first-order valence-electron chi connectivity index (χ1n) is 6.25. The van der Waals surface area contributed by atoms with E-state index in [0.29, 0.717) is 11.4 Å². The number of hydrogen-bond acceptors (Lipinski definition) is 5. The second-order valence-corrected chi connectivity index (χ2v) is 5.37. The minimum Gasteiger partial charge on any atom is -0.465 e. The molecule has 20 heavy (non-hydrogen) atoms.